The Labute approximate surface area is 153 Å². The third-order valence-corrected chi connectivity index (χ3v) is 5.62. The Hall–Kier alpha value is -0.930. The third kappa shape index (κ3) is 5.52. The summed E-state index contributed by atoms with van der Waals surface area (Å²) in [6.45, 7) is 2.36. The van der Waals surface area contributed by atoms with Crippen molar-refractivity contribution >= 4 is 35.3 Å². The second-order valence-electron chi connectivity index (χ2n) is 4.85. The second-order valence-corrected chi connectivity index (χ2v) is 8.58. The van der Waals surface area contributed by atoms with Gasteiger partial charge in [-0.2, -0.15) is 0 Å². The smallest absolute Gasteiger partial charge is 0.147 e. The fourth-order valence-corrected chi connectivity index (χ4v) is 4.09. The molecule has 0 spiro atoms. The fraction of sp³-hybridized carbons (Fsp3) is 0.250. The molecule has 136 valence electrons. The minimum absolute atomic E-state index is 0.216. The van der Waals surface area contributed by atoms with Gasteiger partial charge in [-0.25, -0.2) is 26.3 Å². The lowest BCUT2D eigenvalue weighted by Crippen LogP contribution is -1.94. The zero-order valence-corrected chi connectivity index (χ0v) is 15.4. The first-order valence-electron chi connectivity index (χ1n) is 6.94. The summed E-state index contributed by atoms with van der Waals surface area (Å²) in [5.74, 6) is -3.49. The second kappa shape index (κ2) is 8.64. The molecule has 25 heavy (non-hydrogen) atoms. The Morgan fingerprint density at radius 1 is 0.600 bits per heavy atom. The van der Waals surface area contributed by atoms with Crippen LogP contribution in [0.1, 0.15) is 13.8 Å². The van der Waals surface area contributed by atoms with E-state index in [9.17, 15) is 26.3 Å². The van der Waals surface area contributed by atoms with Crippen molar-refractivity contribution in [3.05, 3.63) is 47.5 Å². The predicted octanol–water partition coefficient (Wildman–Crippen LogP) is 7.21. The van der Waals surface area contributed by atoms with Crippen LogP contribution in [0.2, 0.25) is 0 Å². The van der Waals surface area contributed by atoms with E-state index in [4.69, 9.17) is 0 Å². The largest absolute Gasteiger partial charge is 0.236 e. The summed E-state index contributed by atoms with van der Waals surface area (Å²) >= 11 is 1.50. The molecule has 0 bridgehead atoms. The molecule has 0 amide bonds. The van der Waals surface area contributed by atoms with Crippen LogP contribution in [0.25, 0.3) is 0 Å². The molecule has 2 unspecified atom stereocenters. The average Bonchev–Trinajstić information content (AvgIpc) is 2.48. The average molecular weight is 414 g/mol. The fourth-order valence-electron chi connectivity index (χ4n) is 1.83. The molecular formula is C16H12F6S3. The van der Waals surface area contributed by atoms with Crippen LogP contribution in [0.4, 0.5) is 26.3 Å². The van der Waals surface area contributed by atoms with Crippen molar-refractivity contribution in [2.45, 2.75) is 44.4 Å². The van der Waals surface area contributed by atoms with Crippen molar-refractivity contribution in [1.29, 1.82) is 0 Å². The van der Waals surface area contributed by atoms with Crippen molar-refractivity contribution in [3.63, 3.8) is 0 Å². The van der Waals surface area contributed by atoms with E-state index in [1.165, 1.54) is 13.8 Å². The molecule has 2 atom stereocenters. The van der Waals surface area contributed by atoms with Crippen molar-refractivity contribution in [1.82, 2.24) is 0 Å². The number of rotatable bonds is 6. The molecule has 0 aliphatic carbocycles. The summed E-state index contributed by atoms with van der Waals surface area (Å²) in [5.41, 5.74) is -2.86. The van der Waals surface area contributed by atoms with Crippen LogP contribution in [-0.4, -0.2) is 11.0 Å². The maximum absolute atomic E-state index is 14.1. The van der Waals surface area contributed by atoms with Crippen molar-refractivity contribution < 1.29 is 26.3 Å². The summed E-state index contributed by atoms with van der Waals surface area (Å²) in [5, 5.41) is 0. The standard InChI is InChI=1S/C16H12F6S3/c1-7(17)23-13-3-11(21)15(5-9(13)19)25-16-6-10(20)14(4-12(16)22)24-8(2)18/h3-8H,1-2H3. The molecule has 0 aromatic heterocycles. The zero-order chi connectivity index (χ0) is 18.7. The van der Waals surface area contributed by atoms with Crippen LogP contribution in [-0.2, 0) is 0 Å². The highest BCUT2D eigenvalue weighted by Crippen LogP contribution is 2.38. The number of hydrogen-bond donors (Lipinski definition) is 0. The molecular weight excluding hydrogens is 402 g/mol. The number of alkyl halides is 2. The molecule has 2 aromatic carbocycles. The Morgan fingerprint density at radius 3 is 1.20 bits per heavy atom. The van der Waals surface area contributed by atoms with Gasteiger partial charge in [-0.1, -0.05) is 35.3 Å². The van der Waals surface area contributed by atoms with E-state index in [1.807, 2.05) is 0 Å². The monoisotopic (exact) mass is 414 g/mol. The van der Waals surface area contributed by atoms with Crippen LogP contribution in [0.3, 0.4) is 0 Å². The molecule has 0 radical (unpaired) electrons. The molecule has 0 aliphatic heterocycles. The summed E-state index contributed by atoms with van der Waals surface area (Å²) in [7, 11) is 0. The first-order chi connectivity index (χ1) is 11.7. The van der Waals surface area contributed by atoms with Crippen molar-refractivity contribution in [2.75, 3.05) is 0 Å². The van der Waals surface area contributed by atoms with Gasteiger partial charge in [-0.15, -0.1) is 0 Å². The number of thioether (sulfide) groups is 2. The Balaban J connectivity index is 2.30. The third-order valence-electron chi connectivity index (χ3n) is 2.77. The van der Waals surface area contributed by atoms with Gasteiger partial charge in [0, 0.05) is 9.79 Å². The van der Waals surface area contributed by atoms with Gasteiger partial charge in [0.2, 0.25) is 0 Å². The summed E-state index contributed by atoms with van der Waals surface area (Å²) in [4.78, 5) is -0.976. The minimum Gasteiger partial charge on any atom is -0.236 e. The van der Waals surface area contributed by atoms with E-state index < -0.39 is 34.3 Å². The SMILES string of the molecule is CC(F)Sc1cc(F)c(Sc2cc(F)c(SC(C)F)cc2F)cc1F. The van der Waals surface area contributed by atoms with Gasteiger partial charge in [0.25, 0.3) is 0 Å². The van der Waals surface area contributed by atoms with Crippen LogP contribution in [0.15, 0.2) is 43.8 Å². The van der Waals surface area contributed by atoms with Gasteiger partial charge in [-0.05, 0) is 38.1 Å². The van der Waals surface area contributed by atoms with Crippen LogP contribution < -0.4 is 0 Å². The number of halogens is 6. The lowest BCUT2D eigenvalue weighted by atomic mass is 10.3. The zero-order valence-electron chi connectivity index (χ0n) is 13.0. The molecule has 0 heterocycles. The van der Waals surface area contributed by atoms with Gasteiger partial charge < -0.3 is 0 Å². The molecule has 0 N–H and O–H groups in total. The van der Waals surface area contributed by atoms with E-state index in [2.05, 4.69) is 0 Å². The highest BCUT2D eigenvalue weighted by atomic mass is 32.2. The van der Waals surface area contributed by atoms with Gasteiger partial charge in [0.05, 0.1) is 9.79 Å². The maximum Gasteiger partial charge on any atom is 0.147 e. The van der Waals surface area contributed by atoms with Crippen LogP contribution >= 0.6 is 35.3 Å². The number of benzene rings is 2. The molecule has 2 aromatic rings. The predicted molar refractivity (Wildman–Crippen MR) is 89.7 cm³/mol. The quantitative estimate of drug-likeness (QED) is 0.362. The molecule has 9 heteroatoms. The Kier molecular flexibility index (Phi) is 7.04. The molecule has 0 fully saturated rings. The van der Waals surface area contributed by atoms with Crippen molar-refractivity contribution in [2.24, 2.45) is 0 Å². The molecule has 2 rings (SSSR count). The first kappa shape index (κ1) is 20.4. The Bertz CT molecular complexity index is 701. The van der Waals surface area contributed by atoms with E-state index in [0.29, 0.717) is 35.3 Å². The van der Waals surface area contributed by atoms with Gasteiger partial charge >= 0.3 is 0 Å². The van der Waals surface area contributed by atoms with Crippen LogP contribution in [0, 0.1) is 23.3 Å². The summed E-state index contributed by atoms with van der Waals surface area (Å²) in [6, 6.07) is 3.21. The van der Waals surface area contributed by atoms with Gasteiger partial charge in [-0.3, -0.25) is 0 Å². The lowest BCUT2D eigenvalue weighted by Gasteiger charge is -2.10. The molecule has 0 nitrogen and oxygen atoms in total. The van der Waals surface area contributed by atoms with E-state index >= 15 is 0 Å². The van der Waals surface area contributed by atoms with Gasteiger partial charge in [0.1, 0.15) is 34.3 Å². The van der Waals surface area contributed by atoms with E-state index in [1.54, 1.807) is 0 Å². The maximum atomic E-state index is 14.1. The highest BCUT2D eigenvalue weighted by Gasteiger charge is 2.18. The summed E-state index contributed by atoms with van der Waals surface area (Å²) < 4.78 is 81.8. The molecule has 0 saturated carbocycles. The van der Waals surface area contributed by atoms with Crippen molar-refractivity contribution in [3.8, 4) is 0 Å². The topological polar surface area (TPSA) is 0 Å². The van der Waals surface area contributed by atoms with E-state index in [0.717, 1.165) is 24.3 Å². The van der Waals surface area contributed by atoms with Gasteiger partial charge in [0.15, 0.2) is 0 Å². The molecule has 0 aliphatic rings. The van der Waals surface area contributed by atoms with Crippen LogP contribution in [0.5, 0.6) is 0 Å². The highest BCUT2D eigenvalue weighted by molar-refractivity contribution is 8.00. The molecule has 0 saturated heterocycles. The first-order valence-corrected chi connectivity index (χ1v) is 9.52. The minimum atomic E-state index is -1.43. The summed E-state index contributed by atoms with van der Waals surface area (Å²) in [6.07, 6.45) is 0. The Morgan fingerprint density at radius 2 is 0.880 bits per heavy atom. The normalized spacial score (nSPS) is 13.8. The lowest BCUT2D eigenvalue weighted by molar-refractivity contribution is 0.481. The number of hydrogen-bond acceptors (Lipinski definition) is 3. The van der Waals surface area contributed by atoms with E-state index in [-0.39, 0.29) is 19.6 Å².